The van der Waals surface area contributed by atoms with Crippen LogP contribution in [0.2, 0.25) is 10.0 Å². The van der Waals surface area contributed by atoms with E-state index in [1.165, 1.54) is 0 Å². The molecule has 0 unspecified atom stereocenters. The van der Waals surface area contributed by atoms with E-state index >= 15 is 0 Å². The summed E-state index contributed by atoms with van der Waals surface area (Å²) >= 11 is 12.0. The maximum atomic E-state index is 6.11. The van der Waals surface area contributed by atoms with Gasteiger partial charge in [-0.05, 0) is 36.8 Å². The summed E-state index contributed by atoms with van der Waals surface area (Å²) in [5, 5.41) is 1.09. The fourth-order valence-electron chi connectivity index (χ4n) is 1.91. The molecule has 0 amide bonds. The number of halogens is 2. The molecular formula is C16H16Cl2O3. The molecule has 0 radical (unpaired) electrons. The van der Waals surface area contributed by atoms with E-state index in [-0.39, 0.29) is 0 Å². The minimum Gasteiger partial charge on any atom is -0.493 e. The largest absolute Gasteiger partial charge is 0.493 e. The fraction of sp³-hybridized carbons (Fsp3) is 0.250. The molecule has 0 aromatic heterocycles. The third-order valence-corrected chi connectivity index (χ3v) is 3.35. The zero-order valence-electron chi connectivity index (χ0n) is 11.9. The number of rotatable bonds is 6. The molecule has 0 heterocycles. The number of aryl methyl sites for hydroxylation is 1. The van der Waals surface area contributed by atoms with Gasteiger partial charge >= 0.3 is 0 Å². The standard InChI is InChI=1S/C16H16Cl2O3/c1-11-9-12(17)10-13(18)16(11)21-8-7-20-15-6-4-3-5-14(15)19-2/h3-6,9-10H,7-8H2,1-2H3. The first-order valence-corrected chi connectivity index (χ1v) is 7.21. The van der Waals surface area contributed by atoms with Gasteiger partial charge in [-0.3, -0.25) is 0 Å². The molecular weight excluding hydrogens is 311 g/mol. The van der Waals surface area contributed by atoms with Crippen molar-refractivity contribution in [1.29, 1.82) is 0 Å². The van der Waals surface area contributed by atoms with E-state index in [2.05, 4.69) is 0 Å². The van der Waals surface area contributed by atoms with E-state index < -0.39 is 0 Å². The summed E-state index contributed by atoms with van der Waals surface area (Å²) in [4.78, 5) is 0. The summed E-state index contributed by atoms with van der Waals surface area (Å²) in [6.07, 6.45) is 0. The summed E-state index contributed by atoms with van der Waals surface area (Å²) in [6, 6.07) is 10.9. The van der Waals surface area contributed by atoms with Crippen LogP contribution in [0.3, 0.4) is 0 Å². The smallest absolute Gasteiger partial charge is 0.161 e. The lowest BCUT2D eigenvalue weighted by atomic mass is 10.2. The van der Waals surface area contributed by atoms with Crippen LogP contribution in [0, 0.1) is 6.92 Å². The minimum absolute atomic E-state index is 0.375. The van der Waals surface area contributed by atoms with Gasteiger partial charge in [-0.15, -0.1) is 0 Å². The SMILES string of the molecule is COc1ccccc1OCCOc1c(C)cc(Cl)cc1Cl. The molecule has 0 N–H and O–H groups in total. The van der Waals surface area contributed by atoms with Crippen LogP contribution in [0.15, 0.2) is 36.4 Å². The van der Waals surface area contributed by atoms with Gasteiger partial charge in [0.1, 0.15) is 19.0 Å². The highest BCUT2D eigenvalue weighted by molar-refractivity contribution is 6.35. The summed E-state index contributed by atoms with van der Waals surface area (Å²) in [7, 11) is 1.61. The molecule has 2 aromatic rings. The Hall–Kier alpha value is -1.58. The molecule has 0 aliphatic heterocycles. The van der Waals surface area contributed by atoms with Crippen LogP contribution in [0.25, 0.3) is 0 Å². The van der Waals surface area contributed by atoms with Gasteiger partial charge in [0.15, 0.2) is 11.5 Å². The van der Waals surface area contributed by atoms with Gasteiger partial charge in [-0.1, -0.05) is 35.3 Å². The van der Waals surface area contributed by atoms with Crippen LogP contribution < -0.4 is 14.2 Å². The van der Waals surface area contributed by atoms with Crippen molar-refractivity contribution in [1.82, 2.24) is 0 Å². The lowest BCUT2D eigenvalue weighted by Crippen LogP contribution is -2.10. The van der Waals surface area contributed by atoms with Crippen molar-refractivity contribution in [2.24, 2.45) is 0 Å². The van der Waals surface area contributed by atoms with Crippen molar-refractivity contribution >= 4 is 23.2 Å². The Balaban J connectivity index is 1.91. The van der Waals surface area contributed by atoms with E-state index in [0.29, 0.717) is 40.5 Å². The highest BCUT2D eigenvalue weighted by Crippen LogP contribution is 2.32. The maximum Gasteiger partial charge on any atom is 0.161 e. The molecule has 0 aliphatic carbocycles. The molecule has 0 fully saturated rings. The second-order valence-corrected chi connectivity index (χ2v) is 5.23. The molecule has 112 valence electrons. The summed E-state index contributed by atoms with van der Waals surface area (Å²) < 4.78 is 16.5. The first-order chi connectivity index (χ1) is 10.1. The zero-order valence-corrected chi connectivity index (χ0v) is 13.4. The van der Waals surface area contributed by atoms with Crippen LogP contribution in [-0.4, -0.2) is 20.3 Å². The molecule has 0 spiro atoms. The molecule has 0 saturated carbocycles. The molecule has 0 saturated heterocycles. The minimum atomic E-state index is 0.375. The van der Waals surface area contributed by atoms with Crippen LogP contribution in [0.4, 0.5) is 0 Å². The van der Waals surface area contributed by atoms with E-state index in [4.69, 9.17) is 37.4 Å². The van der Waals surface area contributed by atoms with Crippen LogP contribution in [0.1, 0.15) is 5.56 Å². The predicted molar refractivity (Wildman–Crippen MR) is 85.2 cm³/mol. The van der Waals surface area contributed by atoms with Gasteiger partial charge in [-0.2, -0.15) is 0 Å². The Morgan fingerprint density at radius 2 is 1.62 bits per heavy atom. The van der Waals surface area contributed by atoms with Crippen LogP contribution in [0.5, 0.6) is 17.2 Å². The van der Waals surface area contributed by atoms with Gasteiger partial charge in [0, 0.05) is 5.02 Å². The van der Waals surface area contributed by atoms with E-state index in [9.17, 15) is 0 Å². The number of ether oxygens (including phenoxy) is 3. The molecule has 3 nitrogen and oxygen atoms in total. The molecule has 5 heteroatoms. The zero-order chi connectivity index (χ0) is 15.2. The first-order valence-electron chi connectivity index (χ1n) is 6.46. The van der Waals surface area contributed by atoms with Gasteiger partial charge in [-0.25, -0.2) is 0 Å². The normalized spacial score (nSPS) is 10.3. The quantitative estimate of drug-likeness (QED) is 0.716. The molecule has 0 atom stereocenters. The van der Waals surface area contributed by atoms with Gasteiger partial charge in [0.2, 0.25) is 0 Å². The number of benzene rings is 2. The molecule has 0 bridgehead atoms. The number of hydrogen-bond donors (Lipinski definition) is 0. The predicted octanol–water partition coefficient (Wildman–Crippen LogP) is 4.77. The number of para-hydroxylation sites is 2. The molecule has 2 aromatic carbocycles. The Morgan fingerprint density at radius 1 is 0.952 bits per heavy atom. The van der Waals surface area contributed by atoms with Gasteiger partial charge in [0.05, 0.1) is 12.1 Å². The lowest BCUT2D eigenvalue weighted by molar-refractivity contribution is 0.210. The summed E-state index contributed by atoms with van der Waals surface area (Å²) in [5.74, 6) is 2.01. The van der Waals surface area contributed by atoms with Crippen LogP contribution >= 0.6 is 23.2 Å². The summed E-state index contributed by atoms with van der Waals surface area (Å²) in [6.45, 7) is 2.66. The average Bonchev–Trinajstić information content (AvgIpc) is 2.45. The van der Waals surface area contributed by atoms with Crippen molar-refractivity contribution < 1.29 is 14.2 Å². The van der Waals surface area contributed by atoms with Crippen LogP contribution in [-0.2, 0) is 0 Å². The first kappa shape index (κ1) is 15.8. The Morgan fingerprint density at radius 3 is 2.29 bits per heavy atom. The van der Waals surface area contributed by atoms with Gasteiger partial charge < -0.3 is 14.2 Å². The van der Waals surface area contributed by atoms with Crippen molar-refractivity contribution in [3.05, 3.63) is 52.0 Å². The highest BCUT2D eigenvalue weighted by Gasteiger charge is 2.08. The number of methoxy groups -OCH3 is 1. The van der Waals surface area contributed by atoms with Gasteiger partial charge in [0.25, 0.3) is 0 Å². The third-order valence-electron chi connectivity index (χ3n) is 2.85. The second kappa shape index (κ2) is 7.43. The van der Waals surface area contributed by atoms with E-state index in [1.54, 1.807) is 13.2 Å². The Kier molecular flexibility index (Phi) is 5.59. The molecule has 21 heavy (non-hydrogen) atoms. The van der Waals surface area contributed by atoms with E-state index in [0.717, 1.165) is 5.56 Å². The monoisotopic (exact) mass is 326 g/mol. The average molecular weight is 327 g/mol. The fourth-order valence-corrected chi connectivity index (χ4v) is 2.55. The van der Waals surface area contributed by atoms with Crippen molar-refractivity contribution in [3.63, 3.8) is 0 Å². The Labute approximate surface area is 134 Å². The molecule has 2 rings (SSSR count). The van der Waals surface area contributed by atoms with Crippen molar-refractivity contribution in [2.75, 3.05) is 20.3 Å². The third kappa shape index (κ3) is 4.19. The lowest BCUT2D eigenvalue weighted by Gasteiger charge is -2.13. The number of hydrogen-bond acceptors (Lipinski definition) is 3. The van der Waals surface area contributed by atoms with Crippen molar-refractivity contribution in [2.45, 2.75) is 6.92 Å². The summed E-state index contributed by atoms with van der Waals surface area (Å²) in [5.41, 5.74) is 0.893. The topological polar surface area (TPSA) is 27.7 Å². The molecule has 0 aliphatic rings. The highest BCUT2D eigenvalue weighted by atomic mass is 35.5. The maximum absolute atomic E-state index is 6.11. The Bertz CT molecular complexity index is 591. The van der Waals surface area contributed by atoms with E-state index in [1.807, 2.05) is 37.3 Å². The van der Waals surface area contributed by atoms with Crippen molar-refractivity contribution in [3.8, 4) is 17.2 Å². The second-order valence-electron chi connectivity index (χ2n) is 4.38.